The summed E-state index contributed by atoms with van der Waals surface area (Å²) in [5.41, 5.74) is 1.73. The third-order valence-electron chi connectivity index (χ3n) is 3.76. The molecule has 1 aliphatic heterocycles. The van der Waals surface area contributed by atoms with Gasteiger partial charge in [0.2, 0.25) is 0 Å². The van der Waals surface area contributed by atoms with E-state index in [4.69, 9.17) is 0 Å². The maximum Gasteiger partial charge on any atom is 0.123 e. The van der Waals surface area contributed by atoms with Gasteiger partial charge in [-0.05, 0) is 43.7 Å². The fourth-order valence-corrected chi connectivity index (χ4v) is 2.60. The standard InChI is InChI=1S/C15H23FN2O2/c1-3-6-17-10(2)12-7-11(16)4-5-13(12)18-8-14(19)15(20)9-18/h4-5,7,10,14-15,17,19-20H,3,6,8-9H2,1-2H3. The lowest BCUT2D eigenvalue weighted by Gasteiger charge is -2.25. The number of hydrogen-bond donors (Lipinski definition) is 3. The van der Waals surface area contributed by atoms with Crippen LogP contribution in [-0.2, 0) is 0 Å². The van der Waals surface area contributed by atoms with Gasteiger partial charge in [0.15, 0.2) is 0 Å². The van der Waals surface area contributed by atoms with E-state index >= 15 is 0 Å². The molecule has 3 N–H and O–H groups in total. The van der Waals surface area contributed by atoms with Crippen molar-refractivity contribution >= 4 is 5.69 Å². The first-order valence-corrected chi connectivity index (χ1v) is 7.16. The SMILES string of the molecule is CCCNC(C)c1cc(F)ccc1N1CC(O)C(O)C1. The normalized spacial score (nSPS) is 24.1. The van der Waals surface area contributed by atoms with Gasteiger partial charge in [-0.25, -0.2) is 4.39 Å². The van der Waals surface area contributed by atoms with E-state index in [-0.39, 0.29) is 11.9 Å². The van der Waals surface area contributed by atoms with Crippen LogP contribution in [0.1, 0.15) is 31.9 Å². The molecule has 0 amide bonds. The molecule has 1 fully saturated rings. The minimum absolute atomic E-state index is 0.0236. The zero-order valence-corrected chi connectivity index (χ0v) is 12.0. The Balaban J connectivity index is 2.24. The van der Waals surface area contributed by atoms with E-state index in [1.807, 2.05) is 11.8 Å². The van der Waals surface area contributed by atoms with Gasteiger partial charge in [0, 0.05) is 24.8 Å². The van der Waals surface area contributed by atoms with Crippen LogP contribution in [0, 0.1) is 5.82 Å². The number of rotatable bonds is 5. The van der Waals surface area contributed by atoms with Crippen LogP contribution < -0.4 is 10.2 Å². The highest BCUT2D eigenvalue weighted by molar-refractivity contribution is 5.56. The first-order valence-electron chi connectivity index (χ1n) is 7.16. The van der Waals surface area contributed by atoms with Gasteiger partial charge in [-0.2, -0.15) is 0 Å². The molecule has 3 unspecified atom stereocenters. The number of benzene rings is 1. The van der Waals surface area contributed by atoms with Crippen LogP contribution >= 0.6 is 0 Å². The highest BCUT2D eigenvalue weighted by Crippen LogP contribution is 2.30. The van der Waals surface area contributed by atoms with Crippen molar-refractivity contribution in [2.75, 3.05) is 24.5 Å². The largest absolute Gasteiger partial charge is 0.389 e. The molecule has 1 aliphatic rings. The number of anilines is 1. The molecular formula is C15H23FN2O2. The van der Waals surface area contributed by atoms with Crippen LogP contribution in [0.5, 0.6) is 0 Å². The number of nitrogens with one attached hydrogen (secondary N) is 1. The maximum absolute atomic E-state index is 13.5. The van der Waals surface area contributed by atoms with Gasteiger partial charge >= 0.3 is 0 Å². The van der Waals surface area contributed by atoms with Crippen molar-refractivity contribution < 1.29 is 14.6 Å². The highest BCUT2D eigenvalue weighted by atomic mass is 19.1. The molecule has 0 spiro atoms. The molecule has 1 heterocycles. The Morgan fingerprint density at radius 1 is 1.35 bits per heavy atom. The topological polar surface area (TPSA) is 55.7 Å². The molecule has 112 valence electrons. The van der Waals surface area contributed by atoms with Gasteiger partial charge in [0.25, 0.3) is 0 Å². The first kappa shape index (κ1) is 15.2. The van der Waals surface area contributed by atoms with E-state index in [0.717, 1.165) is 24.2 Å². The average Bonchev–Trinajstić information content (AvgIpc) is 2.75. The van der Waals surface area contributed by atoms with Gasteiger partial charge in [0.1, 0.15) is 5.82 Å². The molecule has 3 atom stereocenters. The second-order valence-corrected chi connectivity index (χ2v) is 5.42. The summed E-state index contributed by atoms with van der Waals surface area (Å²) in [6, 6.07) is 4.69. The van der Waals surface area contributed by atoms with Crippen LogP contribution in [0.15, 0.2) is 18.2 Å². The maximum atomic E-state index is 13.5. The fraction of sp³-hybridized carbons (Fsp3) is 0.600. The molecule has 0 aliphatic carbocycles. The van der Waals surface area contributed by atoms with Crippen LogP contribution in [0.4, 0.5) is 10.1 Å². The van der Waals surface area contributed by atoms with E-state index in [2.05, 4.69) is 12.2 Å². The number of hydrogen-bond acceptors (Lipinski definition) is 4. The third kappa shape index (κ3) is 3.29. The summed E-state index contributed by atoms with van der Waals surface area (Å²) in [4.78, 5) is 1.91. The van der Waals surface area contributed by atoms with Crippen LogP contribution in [-0.4, -0.2) is 42.1 Å². The molecule has 4 nitrogen and oxygen atoms in total. The summed E-state index contributed by atoms with van der Waals surface area (Å²) >= 11 is 0. The average molecular weight is 282 g/mol. The molecule has 0 saturated carbocycles. The Morgan fingerprint density at radius 2 is 2.00 bits per heavy atom. The Morgan fingerprint density at radius 3 is 2.60 bits per heavy atom. The van der Waals surface area contributed by atoms with Gasteiger partial charge in [-0.15, -0.1) is 0 Å². The van der Waals surface area contributed by atoms with Crippen molar-refractivity contribution in [1.82, 2.24) is 5.32 Å². The lowest BCUT2D eigenvalue weighted by molar-refractivity contribution is 0.0572. The lowest BCUT2D eigenvalue weighted by Crippen LogP contribution is -2.26. The minimum Gasteiger partial charge on any atom is -0.389 e. The molecular weight excluding hydrogens is 259 g/mol. The summed E-state index contributed by atoms with van der Waals surface area (Å²) < 4.78 is 13.5. The minimum atomic E-state index is -0.744. The first-order chi connectivity index (χ1) is 9.52. The monoisotopic (exact) mass is 282 g/mol. The number of halogens is 1. The molecule has 1 aromatic carbocycles. The van der Waals surface area contributed by atoms with E-state index in [1.165, 1.54) is 12.1 Å². The Bertz CT molecular complexity index is 445. The van der Waals surface area contributed by atoms with E-state index in [9.17, 15) is 14.6 Å². The van der Waals surface area contributed by atoms with Crippen molar-refractivity contribution in [2.45, 2.75) is 38.5 Å². The van der Waals surface area contributed by atoms with Gasteiger partial charge in [-0.3, -0.25) is 0 Å². The zero-order valence-electron chi connectivity index (χ0n) is 12.0. The van der Waals surface area contributed by atoms with Crippen molar-refractivity contribution in [2.24, 2.45) is 0 Å². The van der Waals surface area contributed by atoms with Crippen molar-refractivity contribution in [3.8, 4) is 0 Å². The van der Waals surface area contributed by atoms with Crippen LogP contribution in [0.3, 0.4) is 0 Å². The number of aliphatic hydroxyl groups is 2. The molecule has 5 heteroatoms. The van der Waals surface area contributed by atoms with E-state index < -0.39 is 12.2 Å². The predicted molar refractivity (Wildman–Crippen MR) is 77.3 cm³/mol. The van der Waals surface area contributed by atoms with Crippen molar-refractivity contribution in [3.05, 3.63) is 29.6 Å². The van der Waals surface area contributed by atoms with E-state index in [1.54, 1.807) is 6.07 Å². The summed E-state index contributed by atoms with van der Waals surface area (Å²) in [5, 5.41) is 22.7. The van der Waals surface area contributed by atoms with Gasteiger partial charge < -0.3 is 20.4 Å². The molecule has 20 heavy (non-hydrogen) atoms. The molecule has 0 bridgehead atoms. The van der Waals surface area contributed by atoms with Crippen LogP contribution in [0.25, 0.3) is 0 Å². The Hall–Kier alpha value is -1.17. The van der Waals surface area contributed by atoms with Gasteiger partial charge in [0.05, 0.1) is 12.2 Å². The summed E-state index contributed by atoms with van der Waals surface area (Å²) in [7, 11) is 0. The quantitative estimate of drug-likeness (QED) is 0.765. The second kappa shape index (κ2) is 6.52. The lowest BCUT2D eigenvalue weighted by atomic mass is 10.0. The highest BCUT2D eigenvalue weighted by Gasteiger charge is 2.31. The molecule has 1 aromatic rings. The number of aliphatic hydroxyl groups excluding tert-OH is 2. The number of nitrogens with zero attached hydrogens (tertiary/aromatic N) is 1. The molecule has 0 aromatic heterocycles. The van der Waals surface area contributed by atoms with E-state index in [0.29, 0.717) is 13.1 Å². The Labute approximate surface area is 119 Å². The smallest absolute Gasteiger partial charge is 0.123 e. The Kier molecular flexibility index (Phi) is 4.96. The fourth-order valence-electron chi connectivity index (χ4n) is 2.60. The van der Waals surface area contributed by atoms with Crippen molar-refractivity contribution in [1.29, 1.82) is 0 Å². The second-order valence-electron chi connectivity index (χ2n) is 5.42. The molecule has 1 saturated heterocycles. The molecule has 2 rings (SSSR count). The third-order valence-corrected chi connectivity index (χ3v) is 3.76. The van der Waals surface area contributed by atoms with Crippen molar-refractivity contribution in [3.63, 3.8) is 0 Å². The summed E-state index contributed by atoms with van der Waals surface area (Å²) in [5.74, 6) is -0.269. The van der Waals surface area contributed by atoms with Gasteiger partial charge in [-0.1, -0.05) is 6.92 Å². The summed E-state index contributed by atoms with van der Waals surface area (Å²) in [6.07, 6.45) is -0.477. The summed E-state index contributed by atoms with van der Waals surface area (Å²) in [6.45, 7) is 5.69. The van der Waals surface area contributed by atoms with Crippen LogP contribution in [0.2, 0.25) is 0 Å². The molecule has 0 radical (unpaired) electrons. The predicted octanol–water partition coefficient (Wildman–Crippen LogP) is 1.43. The zero-order chi connectivity index (χ0) is 14.7. The number of β-amino-alcohol motifs (C(OH)–C–C–N with tert-alkyl or cyclic N) is 2.